The fraction of sp³-hybridized carbons (Fsp3) is 0.208. The largest absolute Gasteiger partial charge is 0.484 e. The number of amides is 1. The number of hydrogen-bond donors (Lipinski definition) is 1. The number of ether oxygens (including phenoxy) is 1. The van der Waals surface area contributed by atoms with Gasteiger partial charge in [0.15, 0.2) is 12.3 Å². The molecule has 4 rings (SSSR count). The highest BCUT2D eigenvalue weighted by Crippen LogP contribution is 2.16. The molecule has 1 N–H and O–H groups in total. The Morgan fingerprint density at radius 3 is 2.61 bits per heavy atom. The van der Waals surface area contributed by atoms with Crippen LogP contribution < -0.4 is 10.1 Å². The summed E-state index contributed by atoms with van der Waals surface area (Å²) in [5.74, 6) is 1.38. The second-order valence-electron chi connectivity index (χ2n) is 7.10. The Morgan fingerprint density at radius 2 is 1.81 bits per heavy atom. The minimum atomic E-state index is -0.182. The third-order valence-electron chi connectivity index (χ3n) is 4.90. The van der Waals surface area contributed by atoms with Crippen molar-refractivity contribution in [2.45, 2.75) is 19.4 Å². The summed E-state index contributed by atoms with van der Waals surface area (Å²) in [5.41, 5.74) is 2.96. The van der Waals surface area contributed by atoms with Crippen molar-refractivity contribution in [2.75, 3.05) is 13.2 Å². The molecule has 0 unspecified atom stereocenters. The molecule has 2 aromatic heterocycles. The van der Waals surface area contributed by atoms with Gasteiger partial charge in [0.1, 0.15) is 17.1 Å². The van der Waals surface area contributed by atoms with E-state index in [1.54, 1.807) is 30.5 Å². The Balaban J connectivity index is 1.35. The Labute approximate surface area is 185 Å². The van der Waals surface area contributed by atoms with E-state index in [4.69, 9.17) is 21.3 Å². The lowest BCUT2D eigenvalue weighted by Gasteiger charge is -2.11. The van der Waals surface area contributed by atoms with Crippen molar-refractivity contribution in [1.82, 2.24) is 19.9 Å². The lowest BCUT2D eigenvalue weighted by molar-refractivity contribution is -0.123. The van der Waals surface area contributed by atoms with Crippen LogP contribution in [0.25, 0.3) is 11.2 Å². The van der Waals surface area contributed by atoms with Crippen LogP contribution in [-0.2, 0) is 24.2 Å². The summed E-state index contributed by atoms with van der Waals surface area (Å²) in [6.07, 6.45) is 3.46. The second-order valence-corrected chi connectivity index (χ2v) is 7.54. The van der Waals surface area contributed by atoms with Gasteiger partial charge in [-0.1, -0.05) is 41.9 Å². The summed E-state index contributed by atoms with van der Waals surface area (Å²) < 4.78 is 7.57. The predicted octanol–water partition coefficient (Wildman–Crippen LogP) is 4.07. The fourth-order valence-corrected chi connectivity index (χ4v) is 3.50. The van der Waals surface area contributed by atoms with E-state index in [-0.39, 0.29) is 12.5 Å². The van der Waals surface area contributed by atoms with E-state index in [0.717, 1.165) is 29.8 Å². The molecule has 0 saturated carbocycles. The number of nitrogens with one attached hydrogen (secondary N) is 1. The van der Waals surface area contributed by atoms with Gasteiger partial charge in [0.05, 0.1) is 0 Å². The minimum absolute atomic E-state index is 0.0502. The van der Waals surface area contributed by atoms with Crippen LogP contribution in [0.4, 0.5) is 0 Å². The molecule has 4 aromatic rings. The molecule has 2 heterocycles. The maximum Gasteiger partial charge on any atom is 0.258 e. The highest BCUT2D eigenvalue weighted by molar-refractivity contribution is 6.30. The summed E-state index contributed by atoms with van der Waals surface area (Å²) in [4.78, 5) is 21.4. The number of nitrogens with zero attached hydrogens (tertiary/aromatic N) is 3. The van der Waals surface area contributed by atoms with E-state index in [0.29, 0.717) is 23.9 Å². The Bertz CT molecular complexity index is 1140. The summed E-state index contributed by atoms with van der Waals surface area (Å²) >= 11 is 5.86. The zero-order valence-corrected chi connectivity index (χ0v) is 17.8. The van der Waals surface area contributed by atoms with Crippen LogP contribution in [0.2, 0.25) is 5.02 Å². The van der Waals surface area contributed by atoms with E-state index in [1.807, 2.05) is 30.3 Å². The molecule has 0 fully saturated rings. The summed E-state index contributed by atoms with van der Waals surface area (Å²) in [6.45, 7) is 0.999. The van der Waals surface area contributed by atoms with Crippen LogP contribution in [0.3, 0.4) is 0 Å². The van der Waals surface area contributed by atoms with Crippen molar-refractivity contribution >= 4 is 28.7 Å². The SMILES string of the molecule is O=C(COc1ccc(Cl)cc1)NCCn1c(CCc2ccccc2)nc2cccnc21. The maximum atomic E-state index is 12.2. The molecule has 31 heavy (non-hydrogen) atoms. The summed E-state index contributed by atoms with van der Waals surface area (Å²) in [7, 11) is 0. The first-order valence-electron chi connectivity index (χ1n) is 10.2. The van der Waals surface area contributed by atoms with Crippen molar-refractivity contribution in [2.24, 2.45) is 0 Å². The standard InChI is InChI=1S/C24H23ClN4O2/c25-19-9-11-20(12-10-19)31-17-23(30)26-15-16-29-22(13-8-18-5-2-1-3-6-18)28-21-7-4-14-27-24(21)29/h1-7,9-12,14H,8,13,15-17H2,(H,26,30). The molecule has 0 bridgehead atoms. The van der Waals surface area contributed by atoms with E-state index in [2.05, 4.69) is 27.0 Å². The average Bonchev–Trinajstić information content (AvgIpc) is 3.15. The number of pyridine rings is 1. The molecule has 7 heteroatoms. The van der Waals surface area contributed by atoms with Crippen LogP contribution in [0.5, 0.6) is 5.75 Å². The van der Waals surface area contributed by atoms with Crippen LogP contribution in [0.1, 0.15) is 11.4 Å². The van der Waals surface area contributed by atoms with Gasteiger partial charge in [-0.15, -0.1) is 0 Å². The van der Waals surface area contributed by atoms with Gasteiger partial charge in [-0.05, 0) is 48.4 Å². The number of aromatic nitrogens is 3. The number of imidazole rings is 1. The summed E-state index contributed by atoms with van der Waals surface area (Å²) in [5, 5.41) is 3.53. The molecule has 1 amide bonds. The first kappa shape index (κ1) is 20.9. The zero-order chi connectivity index (χ0) is 21.5. The van der Waals surface area contributed by atoms with Gasteiger partial charge in [0.25, 0.3) is 5.91 Å². The van der Waals surface area contributed by atoms with Crippen LogP contribution >= 0.6 is 11.6 Å². The Morgan fingerprint density at radius 1 is 1.00 bits per heavy atom. The Hall–Kier alpha value is -3.38. The molecule has 0 saturated heterocycles. The molecular weight excluding hydrogens is 412 g/mol. The molecule has 2 aromatic carbocycles. The van der Waals surface area contributed by atoms with E-state index < -0.39 is 0 Å². The van der Waals surface area contributed by atoms with Gasteiger partial charge in [-0.2, -0.15) is 0 Å². The number of halogens is 1. The molecule has 0 aliphatic carbocycles. The topological polar surface area (TPSA) is 69.0 Å². The van der Waals surface area contributed by atoms with Gasteiger partial charge in [0, 0.05) is 30.7 Å². The summed E-state index contributed by atoms with van der Waals surface area (Å²) in [6, 6.07) is 21.1. The van der Waals surface area contributed by atoms with E-state index in [1.165, 1.54) is 5.56 Å². The first-order valence-corrected chi connectivity index (χ1v) is 10.6. The number of hydrogen-bond acceptors (Lipinski definition) is 4. The van der Waals surface area contributed by atoms with E-state index in [9.17, 15) is 4.79 Å². The fourth-order valence-electron chi connectivity index (χ4n) is 3.37. The highest BCUT2D eigenvalue weighted by Gasteiger charge is 2.12. The quantitative estimate of drug-likeness (QED) is 0.431. The lowest BCUT2D eigenvalue weighted by Crippen LogP contribution is -2.32. The van der Waals surface area contributed by atoms with Crippen LogP contribution in [0, 0.1) is 0 Å². The first-order chi connectivity index (χ1) is 15.2. The third kappa shape index (κ3) is 5.61. The van der Waals surface area contributed by atoms with Crippen molar-refractivity contribution in [3.63, 3.8) is 0 Å². The highest BCUT2D eigenvalue weighted by atomic mass is 35.5. The van der Waals surface area contributed by atoms with Crippen molar-refractivity contribution in [3.8, 4) is 5.75 Å². The van der Waals surface area contributed by atoms with Gasteiger partial charge < -0.3 is 14.6 Å². The number of aryl methyl sites for hydroxylation is 2. The third-order valence-corrected chi connectivity index (χ3v) is 5.16. The Kier molecular flexibility index (Phi) is 6.79. The van der Waals surface area contributed by atoms with Gasteiger partial charge in [-0.25, -0.2) is 9.97 Å². The molecular formula is C24H23ClN4O2. The lowest BCUT2D eigenvalue weighted by atomic mass is 10.1. The van der Waals surface area contributed by atoms with Gasteiger partial charge in [0.2, 0.25) is 0 Å². The maximum absolute atomic E-state index is 12.2. The molecule has 6 nitrogen and oxygen atoms in total. The van der Waals surface area contributed by atoms with Crippen LogP contribution in [0.15, 0.2) is 72.9 Å². The smallest absolute Gasteiger partial charge is 0.258 e. The van der Waals surface area contributed by atoms with Gasteiger partial charge in [-0.3, -0.25) is 4.79 Å². The monoisotopic (exact) mass is 434 g/mol. The predicted molar refractivity (Wildman–Crippen MR) is 121 cm³/mol. The van der Waals surface area contributed by atoms with Crippen molar-refractivity contribution < 1.29 is 9.53 Å². The van der Waals surface area contributed by atoms with Crippen LogP contribution in [-0.4, -0.2) is 33.6 Å². The van der Waals surface area contributed by atoms with E-state index >= 15 is 0 Å². The van der Waals surface area contributed by atoms with Crippen molar-refractivity contribution in [3.05, 3.63) is 89.3 Å². The van der Waals surface area contributed by atoms with Gasteiger partial charge >= 0.3 is 0 Å². The molecule has 0 atom stereocenters. The number of carbonyl (C=O) groups excluding carboxylic acids is 1. The minimum Gasteiger partial charge on any atom is -0.484 e. The zero-order valence-electron chi connectivity index (χ0n) is 17.0. The number of rotatable bonds is 9. The second kappa shape index (κ2) is 10.1. The molecule has 0 radical (unpaired) electrons. The van der Waals surface area contributed by atoms with Crippen molar-refractivity contribution in [1.29, 1.82) is 0 Å². The average molecular weight is 435 g/mol. The molecule has 158 valence electrons. The normalized spacial score (nSPS) is 10.9. The molecule has 0 aliphatic heterocycles. The molecule has 0 aliphatic rings. The number of fused-ring (bicyclic) bond motifs is 1. The molecule has 0 spiro atoms. The number of carbonyl (C=O) groups is 1. The number of benzene rings is 2.